The quantitative estimate of drug-likeness (QED) is 0.755. The molecule has 0 spiro atoms. The first-order valence-electron chi connectivity index (χ1n) is 8.20. The van der Waals surface area contributed by atoms with Crippen LogP contribution in [0, 0.1) is 6.92 Å². The first-order valence-corrected chi connectivity index (χ1v) is 9.64. The van der Waals surface area contributed by atoms with Gasteiger partial charge in [-0.1, -0.05) is 6.07 Å². The molecule has 1 N–H and O–H groups in total. The van der Waals surface area contributed by atoms with Crippen LogP contribution < -0.4 is 5.32 Å². The average molecular weight is 393 g/mol. The standard InChI is InChI=1S/C18H23N3O5S/c1-12-8-9-14(27(24,25)20(3)4)11-15(12)19-17(22)13(2)26-18(23)16-7-6-10-21(16)5/h6-11,13H,1-5H3,(H,19,22)/t13-/m1/s1. The number of aryl methyl sites for hydroxylation is 2. The third-order valence-corrected chi connectivity index (χ3v) is 5.86. The van der Waals surface area contributed by atoms with Gasteiger partial charge in [-0.05, 0) is 43.7 Å². The Kier molecular flexibility index (Phi) is 6.07. The van der Waals surface area contributed by atoms with Crippen LogP contribution in [0.25, 0.3) is 0 Å². The van der Waals surface area contributed by atoms with E-state index in [2.05, 4.69) is 5.32 Å². The summed E-state index contributed by atoms with van der Waals surface area (Å²) in [6.45, 7) is 3.19. The molecular weight excluding hydrogens is 370 g/mol. The molecule has 1 aromatic carbocycles. The minimum absolute atomic E-state index is 0.0573. The molecule has 1 amide bonds. The Labute approximate surface area is 158 Å². The number of hydrogen-bond acceptors (Lipinski definition) is 5. The Balaban J connectivity index is 2.15. The van der Waals surface area contributed by atoms with Gasteiger partial charge in [0.25, 0.3) is 5.91 Å². The highest BCUT2D eigenvalue weighted by Gasteiger charge is 2.22. The zero-order valence-corrected chi connectivity index (χ0v) is 16.7. The number of carbonyl (C=O) groups excluding carboxylic acids is 2. The molecule has 0 bridgehead atoms. The zero-order chi connectivity index (χ0) is 20.4. The molecule has 2 aromatic rings. The van der Waals surface area contributed by atoms with Gasteiger partial charge in [0, 0.05) is 33.0 Å². The fourth-order valence-electron chi connectivity index (χ4n) is 2.29. The Morgan fingerprint density at radius 3 is 2.44 bits per heavy atom. The maximum atomic E-state index is 12.4. The van der Waals surface area contributed by atoms with Crippen molar-refractivity contribution >= 4 is 27.6 Å². The highest BCUT2D eigenvalue weighted by Crippen LogP contribution is 2.22. The number of nitrogens with zero attached hydrogens (tertiary/aromatic N) is 2. The van der Waals surface area contributed by atoms with Gasteiger partial charge < -0.3 is 14.6 Å². The highest BCUT2D eigenvalue weighted by molar-refractivity contribution is 7.89. The summed E-state index contributed by atoms with van der Waals surface area (Å²) >= 11 is 0. The second-order valence-electron chi connectivity index (χ2n) is 6.31. The van der Waals surface area contributed by atoms with E-state index < -0.39 is 28.0 Å². The molecule has 0 unspecified atom stereocenters. The SMILES string of the molecule is Cc1ccc(S(=O)(=O)N(C)C)cc1NC(=O)[C@@H](C)OC(=O)c1cccn1C. The van der Waals surface area contributed by atoms with Crippen molar-refractivity contribution in [1.29, 1.82) is 0 Å². The molecular formula is C18H23N3O5S. The molecule has 0 aliphatic carbocycles. The number of aromatic nitrogens is 1. The molecule has 0 saturated heterocycles. The van der Waals surface area contributed by atoms with Crippen LogP contribution in [0.1, 0.15) is 23.0 Å². The third kappa shape index (κ3) is 4.55. The van der Waals surface area contributed by atoms with Crippen LogP contribution in [-0.2, 0) is 26.6 Å². The Hall–Kier alpha value is -2.65. The van der Waals surface area contributed by atoms with Crippen molar-refractivity contribution in [3.8, 4) is 0 Å². The minimum atomic E-state index is -3.63. The number of nitrogens with one attached hydrogen (secondary N) is 1. The second-order valence-corrected chi connectivity index (χ2v) is 8.46. The van der Waals surface area contributed by atoms with Crippen LogP contribution in [0.3, 0.4) is 0 Å². The lowest BCUT2D eigenvalue weighted by atomic mass is 10.2. The monoisotopic (exact) mass is 393 g/mol. The van der Waals surface area contributed by atoms with Crippen molar-refractivity contribution in [3.63, 3.8) is 0 Å². The smallest absolute Gasteiger partial charge is 0.355 e. The van der Waals surface area contributed by atoms with Crippen molar-refractivity contribution in [2.24, 2.45) is 7.05 Å². The van der Waals surface area contributed by atoms with E-state index in [9.17, 15) is 18.0 Å². The van der Waals surface area contributed by atoms with Crippen molar-refractivity contribution in [2.75, 3.05) is 19.4 Å². The number of amides is 1. The lowest BCUT2D eigenvalue weighted by molar-refractivity contribution is -0.123. The largest absolute Gasteiger partial charge is 0.448 e. The summed E-state index contributed by atoms with van der Waals surface area (Å²) in [4.78, 5) is 24.6. The number of esters is 1. The molecule has 2 rings (SSSR count). The summed E-state index contributed by atoms with van der Waals surface area (Å²) in [6.07, 6.45) is 0.641. The van der Waals surface area contributed by atoms with Gasteiger partial charge in [-0.15, -0.1) is 0 Å². The van der Waals surface area contributed by atoms with Gasteiger partial charge in [0.2, 0.25) is 10.0 Å². The molecule has 0 aliphatic rings. The lowest BCUT2D eigenvalue weighted by Gasteiger charge is -2.17. The summed E-state index contributed by atoms with van der Waals surface area (Å²) in [5, 5.41) is 2.62. The maximum absolute atomic E-state index is 12.4. The fraction of sp³-hybridized carbons (Fsp3) is 0.333. The molecule has 0 aliphatic heterocycles. The predicted molar refractivity (Wildman–Crippen MR) is 101 cm³/mol. The van der Waals surface area contributed by atoms with Gasteiger partial charge >= 0.3 is 5.97 Å². The van der Waals surface area contributed by atoms with Crippen LogP contribution in [0.2, 0.25) is 0 Å². The Morgan fingerprint density at radius 1 is 1.22 bits per heavy atom. The van der Waals surface area contributed by atoms with E-state index in [0.717, 1.165) is 4.31 Å². The second kappa shape index (κ2) is 7.93. The number of ether oxygens (including phenoxy) is 1. The number of carbonyl (C=O) groups is 2. The van der Waals surface area contributed by atoms with Crippen molar-refractivity contribution in [1.82, 2.24) is 8.87 Å². The fourth-order valence-corrected chi connectivity index (χ4v) is 3.22. The number of hydrogen-bond donors (Lipinski definition) is 1. The lowest BCUT2D eigenvalue weighted by Crippen LogP contribution is -2.31. The van der Waals surface area contributed by atoms with Gasteiger partial charge in [0.05, 0.1) is 4.90 Å². The number of sulfonamides is 1. The Morgan fingerprint density at radius 2 is 1.89 bits per heavy atom. The number of anilines is 1. The normalized spacial score (nSPS) is 12.7. The molecule has 0 fully saturated rings. The number of rotatable bonds is 6. The van der Waals surface area contributed by atoms with E-state index in [1.54, 1.807) is 42.9 Å². The molecule has 0 radical (unpaired) electrons. The van der Waals surface area contributed by atoms with Gasteiger partial charge in [-0.2, -0.15) is 0 Å². The topological polar surface area (TPSA) is 97.7 Å². The van der Waals surface area contributed by atoms with Gasteiger partial charge in [-0.3, -0.25) is 4.79 Å². The van der Waals surface area contributed by atoms with Crippen molar-refractivity contribution in [3.05, 3.63) is 47.8 Å². The number of benzene rings is 1. The van der Waals surface area contributed by atoms with Crippen LogP contribution in [0.4, 0.5) is 5.69 Å². The van der Waals surface area contributed by atoms with E-state index >= 15 is 0 Å². The van der Waals surface area contributed by atoms with Crippen LogP contribution in [-0.4, -0.2) is 49.4 Å². The van der Waals surface area contributed by atoms with E-state index in [0.29, 0.717) is 16.9 Å². The van der Waals surface area contributed by atoms with Crippen LogP contribution in [0.15, 0.2) is 41.4 Å². The van der Waals surface area contributed by atoms with Gasteiger partial charge in [0.1, 0.15) is 5.69 Å². The van der Waals surface area contributed by atoms with E-state index in [-0.39, 0.29) is 4.90 Å². The highest BCUT2D eigenvalue weighted by atomic mass is 32.2. The first kappa shape index (κ1) is 20.7. The Bertz CT molecular complexity index is 963. The molecule has 1 aromatic heterocycles. The third-order valence-electron chi connectivity index (χ3n) is 4.05. The van der Waals surface area contributed by atoms with E-state index in [4.69, 9.17) is 4.74 Å². The zero-order valence-electron chi connectivity index (χ0n) is 15.9. The summed E-state index contributed by atoms with van der Waals surface area (Å²) in [6, 6.07) is 7.74. The molecule has 9 heteroatoms. The van der Waals surface area contributed by atoms with E-state index in [1.807, 2.05) is 0 Å². The molecule has 0 saturated carbocycles. The average Bonchev–Trinajstić information content (AvgIpc) is 3.02. The first-order chi connectivity index (χ1) is 12.5. The summed E-state index contributed by atoms with van der Waals surface area (Å²) in [5.74, 6) is -1.18. The van der Waals surface area contributed by atoms with Crippen LogP contribution in [0.5, 0.6) is 0 Å². The molecule has 1 heterocycles. The van der Waals surface area contributed by atoms with Gasteiger partial charge in [0.15, 0.2) is 6.10 Å². The summed E-state index contributed by atoms with van der Waals surface area (Å²) in [7, 11) is 0.922. The predicted octanol–water partition coefficient (Wildman–Crippen LogP) is 1.77. The summed E-state index contributed by atoms with van der Waals surface area (Å²) < 4.78 is 32.4. The van der Waals surface area contributed by atoms with Crippen LogP contribution >= 0.6 is 0 Å². The molecule has 1 atom stereocenters. The molecule has 27 heavy (non-hydrogen) atoms. The van der Waals surface area contributed by atoms with Gasteiger partial charge in [-0.25, -0.2) is 17.5 Å². The summed E-state index contributed by atoms with van der Waals surface area (Å²) in [5.41, 5.74) is 1.34. The minimum Gasteiger partial charge on any atom is -0.448 e. The van der Waals surface area contributed by atoms with E-state index in [1.165, 1.54) is 33.2 Å². The molecule has 8 nitrogen and oxygen atoms in total. The maximum Gasteiger partial charge on any atom is 0.355 e. The van der Waals surface area contributed by atoms with Crippen molar-refractivity contribution in [2.45, 2.75) is 24.8 Å². The van der Waals surface area contributed by atoms with Crippen molar-refractivity contribution < 1.29 is 22.7 Å². The molecule has 146 valence electrons.